The Labute approximate surface area is 218 Å². The van der Waals surface area contributed by atoms with Gasteiger partial charge in [0.05, 0.1) is 13.2 Å². The average molecular weight is 593 g/mol. The molecule has 0 unspecified atom stereocenters. The van der Waals surface area contributed by atoms with Crippen LogP contribution < -0.4 is 12.1 Å². The fourth-order valence-electron chi connectivity index (χ4n) is 4.50. The van der Waals surface area contributed by atoms with Gasteiger partial charge in [-0.3, -0.25) is 0 Å². The molecule has 2 aliphatic rings. The Morgan fingerprint density at radius 3 is 2.60 bits per heavy atom. The second-order valence-electron chi connectivity index (χ2n) is 8.91. The molecule has 9 nitrogen and oxygen atoms in total. The zero-order valence-electron chi connectivity index (χ0n) is 19.4. The molecule has 0 amide bonds. The molecule has 6 rings (SSSR count). The van der Waals surface area contributed by atoms with Gasteiger partial charge in [-0.25, -0.2) is 0 Å². The predicted octanol–water partition coefficient (Wildman–Crippen LogP) is 2.16. The van der Waals surface area contributed by atoms with Crippen molar-refractivity contribution in [1.29, 1.82) is 0 Å². The molecule has 178 valence electrons. The van der Waals surface area contributed by atoms with Gasteiger partial charge in [0, 0.05) is 13.1 Å². The van der Waals surface area contributed by atoms with Gasteiger partial charge in [0.2, 0.25) is 0 Å². The first-order chi connectivity index (χ1) is 17.3. The monoisotopic (exact) mass is 594 g/mol. The molecule has 35 heavy (non-hydrogen) atoms. The van der Waals surface area contributed by atoms with Crippen LogP contribution in [0.2, 0.25) is 0 Å². The minimum atomic E-state index is -1.09. The third-order valence-corrected chi connectivity index (χ3v) is 11.3. The molecule has 0 bridgehead atoms. The third kappa shape index (κ3) is 5.76. The number of rotatable bonds is 7. The fourth-order valence-corrected chi connectivity index (χ4v) is 9.24. The number of aromatic nitrogens is 6. The molecule has 1 saturated carbocycles. The summed E-state index contributed by atoms with van der Waals surface area (Å²) in [5, 5.41) is 13.6. The molecule has 1 aliphatic carbocycles. The summed E-state index contributed by atoms with van der Waals surface area (Å²) < 4.78 is 7.74. The average Bonchev–Trinajstić information content (AvgIpc) is 3.58. The molecular weight excluding hydrogens is 567 g/mol. The SMILES string of the molecule is c1nc(CN2CCOCC2)ncc1Nc1cnc2cc[c]([Sn][c]3nnc(C4CCCC4)s3)nc2c1. The molecule has 4 aromatic heterocycles. The van der Waals surface area contributed by atoms with Gasteiger partial charge in [0.25, 0.3) is 0 Å². The number of fused-ring (bicyclic) bond motifs is 1. The van der Waals surface area contributed by atoms with Gasteiger partial charge >= 0.3 is 188 Å². The first kappa shape index (κ1) is 23.1. The van der Waals surface area contributed by atoms with Crippen LogP contribution in [0.25, 0.3) is 11.0 Å². The van der Waals surface area contributed by atoms with Crippen LogP contribution in [-0.2, 0) is 11.3 Å². The molecule has 1 N–H and O–H groups in total. The van der Waals surface area contributed by atoms with Crippen LogP contribution in [0.4, 0.5) is 11.4 Å². The molecule has 2 radical (unpaired) electrons. The van der Waals surface area contributed by atoms with Crippen molar-refractivity contribution in [3.05, 3.63) is 47.6 Å². The normalized spacial score (nSPS) is 17.3. The summed E-state index contributed by atoms with van der Waals surface area (Å²) in [7, 11) is 0. The predicted molar refractivity (Wildman–Crippen MR) is 137 cm³/mol. The van der Waals surface area contributed by atoms with E-state index in [9.17, 15) is 0 Å². The van der Waals surface area contributed by atoms with Crippen molar-refractivity contribution >= 4 is 61.6 Å². The Morgan fingerprint density at radius 2 is 1.77 bits per heavy atom. The van der Waals surface area contributed by atoms with Crippen molar-refractivity contribution in [3.8, 4) is 0 Å². The zero-order chi connectivity index (χ0) is 23.5. The molecular formula is C24H26N8OSSn. The van der Waals surface area contributed by atoms with E-state index in [0.717, 1.165) is 64.8 Å². The summed E-state index contributed by atoms with van der Waals surface area (Å²) in [5.74, 6) is 1.44. The van der Waals surface area contributed by atoms with Crippen LogP contribution in [0, 0.1) is 0 Å². The van der Waals surface area contributed by atoms with E-state index < -0.39 is 21.1 Å². The van der Waals surface area contributed by atoms with Crippen LogP contribution in [0.1, 0.15) is 42.4 Å². The van der Waals surface area contributed by atoms with E-state index in [1.54, 1.807) is 0 Å². The maximum atomic E-state index is 5.40. The number of hydrogen-bond donors (Lipinski definition) is 1. The molecule has 0 atom stereocenters. The number of ether oxygens (including phenoxy) is 1. The third-order valence-electron chi connectivity index (χ3n) is 6.38. The topological polar surface area (TPSA) is 102 Å². The maximum absolute atomic E-state index is 5.40. The number of nitrogens with zero attached hydrogens (tertiary/aromatic N) is 7. The first-order valence-corrected chi connectivity index (χ1v) is 15.7. The standard InChI is InChI=1S/C17H17N6O.C7H9N2S.Sn/c1-2-15-16(18-3-1)8-13(9-19-15)22-14-10-20-17(21-11-14)12-23-4-6-24-7-5-23;1-2-4-6(3-1)7-9-8-5-10-7;/h1-2,8-11,22H,4-7,12H2;6H,1-4H2;. The van der Waals surface area contributed by atoms with Crippen molar-refractivity contribution < 1.29 is 4.74 Å². The Balaban J connectivity index is 1.12. The van der Waals surface area contributed by atoms with Gasteiger partial charge < -0.3 is 4.74 Å². The quantitative estimate of drug-likeness (QED) is 0.323. The molecule has 4 aromatic rings. The van der Waals surface area contributed by atoms with E-state index in [0.29, 0.717) is 5.92 Å². The van der Waals surface area contributed by atoms with Gasteiger partial charge in [0.1, 0.15) is 0 Å². The Kier molecular flexibility index (Phi) is 7.12. The van der Waals surface area contributed by atoms with Crippen LogP contribution >= 0.6 is 11.3 Å². The summed E-state index contributed by atoms with van der Waals surface area (Å²) in [4.78, 5) is 20.9. The van der Waals surface area contributed by atoms with E-state index in [-0.39, 0.29) is 0 Å². The molecule has 1 saturated heterocycles. The van der Waals surface area contributed by atoms with Crippen LogP contribution in [0.5, 0.6) is 0 Å². The van der Waals surface area contributed by atoms with E-state index in [4.69, 9.17) is 9.72 Å². The van der Waals surface area contributed by atoms with E-state index in [2.05, 4.69) is 47.5 Å². The van der Waals surface area contributed by atoms with Crippen molar-refractivity contribution in [2.45, 2.75) is 38.1 Å². The fraction of sp³-hybridized carbons (Fsp3) is 0.417. The number of nitrogens with one attached hydrogen (secondary N) is 1. The molecule has 11 heteroatoms. The summed E-state index contributed by atoms with van der Waals surface area (Å²) in [6, 6.07) is 6.20. The molecule has 1 aliphatic heterocycles. The Hall–Kier alpha value is -2.28. The molecule has 0 aromatic carbocycles. The van der Waals surface area contributed by atoms with E-state index in [1.165, 1.54) is 33.7 Å². The van der Waals surface area contributed by atoms with Crippen molar-refractivity contribution in [3.63, 3.8) is 0 Å². The second-order valence-corrected chi connectivity index (χ2v) is 14.5. The molecule has 0 spiro atoms. The second kappa shape index (κ2) is 10.8. The van der Waals surface area contributed by atoms with Crippen LogP contribution in [-0.4, -0.2) is 82.5 Å². The Bertz CT molecular complexity index is 1290. The van der Waals surface area contributed by atoms with Gasteiger partial charge in [-0.15, -0.1) is 0 Å². The number of morpholine rings is 1. The van der Waals surface area contributed by atoms with E-state index in [1.807, 2.05) is 36.0 Å². The van der Waals surface area contributed by atoms with Crippen molar-refractivity contribution in [2.75, 3.05) is 31.6 Å². The van der Waals surface area contributed by atoms with Gasteiger partial charge in [-0.05, 0) is 0 Å². The zero-order valence-corrected chi connectivity index (χ0v) is 23.0. The summed E-state index contributed by atoms with van der Waals surface area (Å²) in [6.45, 7) is 4.14. The summed E-state index contributed by atoms with van der Waals surface area (Å²) >= 11 is 0.724. The molecule has 2 fully saturated rings. The van der Waals surface area contributed by atoms with Crippen LogP contribution in [0.15, 0.2) is 36.8 Å². The minimum absolute atomic E-state index is 0.625. The summed E-state index contributed by atoms with van der Waals surface area (Å²) in [6.07, 6.45) is 10.6. The number of pyridine rings is 2. The van der Waals surface area contributed by atoms with Crippen molar-refractivity contribution in [1.82, 2.24) is 35.0 Å². The summed E-state index contributed by atoms with van der Waals surface area (Å²) in [5.41, 5.74) is 3.48. The number of hydrogen-bond acceptors (Lipinski definition) is 10. The Morgan fingerprint density at radius 1 is 0.971 bits per heavy atom. The first-order valence-electron chi connectivity index (χ1n) is 12.0. The van der Waals surface area contributed by atoms with Gasteiger partial charge in [0.15, 0.2) is 0 Å². The van der Waals surface area contributed by atoms with E-state index >= 15 is 0 Å². The van der Waals surface area contributed by atoms with Crippen molar-refractivity contribution in [2.24, 2.45) is 0 Å². The number of anilines is 2. The van der Waals surface area contributed by atoms with Gasteiger partial charge in [-0.1, -0.05) is 0 Å². The molecule has 5 heterocycles. The van der Waals surface area contributed by atoms with Crippen LogP contribution in [0.3, 0.4) is 0 Å². The van der Waals surface area contributed by atoms with Gasteiger partial charge in [-0.2, -0.15) is 0 Å².